The van der Waals surface area contributed by atoms with Crippen LogP contribution in [0.1, 0.15) is 5.69 Å². The van der Waals surface area contributed by atoms with Crippen LogP contribution in [0.15, 0.2) is 53.1 Å². The van der Waals surface area contributed by atoms with E-state index in [-0.39, 0.29) is 6.42 Å². The molecule has 2 heterocycles. The molecule has 0 aliphatic heterocycles. The van der Waals surface area contributed by atoms with Gasteiger partial charge in [0.15, 0.2) is 0 Å². The molecule has 0 fully saturated rings. The van der Waals surface area contributed by atoms with E-state index in [9.17, 15) is 4.79 Å². The summed E-state index contributed by atoms with van der Waals surface area (Å²) in [6, 6.07) is 13.4. The number of carboxylic acid groups (broad SMARTS) is 1. The van der Waals surface area contributed by atoms with Gasteiger partial charge < -0.3 is 9.51 Å². The molecule has 1 N–H and O–H groups in total. The van der Waals surface area contributed by atoms with Crippen molar-refractivity contribution in [3.8, 4) is 11.3 Å². The standard InChI is InChI=1S/C15H11BrN2O2/c16-11-6-7-13-17-15(10-4-2-1-3-5-10)12(8-14(19)20)18(13)9-11/h1-7,9H,8H2,(H,19,20). The van der Waals surface area contributed by atoms with Crippen LogP contribution in [-0.2, 0) is 11.2 Å². The summed E-state index contributed by atoms with van der Waals surface area (Å²) < 4.78 is 2.70. The van der Waals surface area contributed by atoms with E-state index in [0.29, 0.717) is 11.4 Å². The quantitative estimate of drug-likeness (QED) is 0.800. The largest absolute Gasteiger partial charge is 0.481 e. The third-order valence-electron chi connectivity index (χ3n) is 3.05. The zero-order valence-electron chi connectivity index (χ0n) is 10.5. The summed E-state index contributed by atoms with van der Waals surface area (Å²) in [7, 11) is 0. The average molecular weight is 331 g/mol. The van der Waals surface area contributed by atoms with Gasteiger partial charge in [0.05, 0.1) is 17.8 Å². The summed E-state index contributed by atoms with van der Waals surface area (Å²) in [5.41, 5.74) is 3.05. The van der Waals surface area contributed by atoms with Gasteiger partial charge in [0.2, 0.25) is 0 Å². The number of imidazole rings is 1. The Morgan fingerprint density at radius 2 is 1.95 bits per heavy atom. The molecule has 0 saturated carbocycles. The van der Waals surface area contributed by atoms with E-state index in [4.69, 9.17) is 5.11 Å². The van der Waals surface area contributed by atoms with Gasteiger partial charge in [-0.3, -0.25) is 4.79 Å². The predicted molar refractivity (Wildman–Crippen MR) is 79.7 cm³/mol. The third-order valence-corrected chi connectivity index (χ3v) is 3.52. The molecule has 2 aromatic heterocycles. The number of aliphatic carboxylic acids is 1. The van der Waals surface area contributed by atoms with E-state index in [1.165, 1.54) is 0 Å². The molecule has 0 aliphatic carbocycles. The van der Waals surface area contributed by atoms with Crippen LogP contribution in [0.5, 0.6) is 0 Å². The molecule has 0 atom stereocenters. The van der Waals surface area contributed by atoms with E-state index in [2.05, 4.69) is 20.9 Å². The molecule has 0 saturated heterocycles. The smallest absolute Gasteiger partial charge is 0.309 e. The second-order valence-corrected chi connectivity index (χ2v) is 5.33. The van der Waals surface area contributed by atoms with Gasteiger partial charge in [-0.05, 0) is 28.1 Å². The first-order valence-corrected chi connectivity index (χ1v) is 6.88. The predicted octanol–water partition coefficient (Wildman–Crippen LogP) is 3.39. The number of halogens is 1. The maximum atomic E-state index is 11.1. The molecule has 20 heavy (non-hydrogen) atoms. The zero-order valence-corrected chi connectivity index (χ0v) is 12.0. The van der Waals surface area contributed by atoms with Crippen molar-refractivity contribution >= 4 is 27.5 Å². The van der Waals surface area contributed by atoms with Gasteiger partial charge in [-0.2, -0.15) is 0 Å². The van der Waals surface area contributed by atoms with Crippen LogP contribution in [0.4, 0.5) is 0 Å². The van der Waals surface area contributed by atoms with Crippen molar-refractivity contribution in [1.82, 2.24) is 9.38 Å². The molecule has 0 spiro atoms. The lowest BCUT2D eigenvalue weighted by atomic mass is 10.1. The van der Waals surface area contributed by atoms with E-state index in [0.717, 1.165) is 15.7 Å². The highest BCUT2D eigenvalue weighted by molar-refractivity contribution is 9.10. The van der Waals surface area contributed by atoms with E-state index in [1.54, 1.807) is 0 Å². The average Bonchev–Trinajstić information content (AvgIpc) is 2.77. The van der Waals surface area contributed by atoms with Crippen LogP contribution in [0, 0.1) is 0 Å². The lowest BCUT2D eigenvalue weighted by Crippen LogP contribution is -2.04. The van der Waals surface area contributed by atoms with Crippen molar-refractivity contribution in [3.63, 3.8) is 0 Å². The maximum Gasteiger partial charge on any atom is 0.309 e. The van der Waals surface area contributed by atoms with Gasteiger partial charge in [-0.25, -0.2) is 4.98 Å². The van der Waals surface area contributed by atoms with Crippen LogP contribution >= 0.6 is 15.9 Å². The van der Waals surface area contributed by atoms with Crippen LogP contribution in [0.2, 0.25) is 0 Å². The molecule has 1 aromatic carbocycles. The summed E-state index contributed by atoms with van der Waals surface area (Å²) in [5, 5.41) is 9.13. The summed E-state index contributed by atoms with van der Waals surface area (Å²) in [6.07, 6.45) is 1.77. The Hall–Kier alpha value is -2.14. The summed E-state index contributed by atoms with van der Waals surface area (Å²) in [6.45, 7) is 0. The molecule has 0 bridgehead atoms. The number of hydrogen-bond acceptors (Lipinski definition) is 2. The topological polar surface area (TPSA) is 54.6 Å². The minimum absolute atomic E-state index is 0.0676. The van der Waals surface area contributed by atoms with Gasteiger partial charge in [0, 0.05) is 16.2 Å². The molecule has 3 aromatic rings. The van der Waals surface area contributed by atoms with Crippen molar-refractivity contribution in [2.45, 2.75) is 6.42 Å². The Kier molecular flexibility index (Phi) is 3.28. The van der Waals surface area contributed by atoms with Gasteiger partial charge in [0.1, 0.15) is 5.65 Å². The maximum absolute atomic E-state index is 11.1. The number of nitrogens with zero attached hydrogens (tertiary/aromatic N) is 2. The molecular weight excluding hydrogens is 320 g/mol. The van der Waals surface area contributed by atoms with Crippen LogP contribution in [0.25, 0.3) is 16.9 Å². The van der Waals surface area contributed by atoms with Crippen molar-refractivity contribution < 1.29 is 9.90 Å². The van der Waals surface area contributed by atoms with Crippen molar-refractivity contribution in [3.05, 3.63) is 58.8 Å². The number of hydrogen-bond donors (Lipinski definition) is 1. The monoisotopic (exact) mass is 330 g/mol. The number of carboxylic acids is 1. The highest BCUT2D eigenvalue weighted by atomic mass is 79.9. The number of benzene rings is 1. The lowest BCUT2D eigenvalue weighted by Gasteiger charge is -2.03. The molecule has 100 valence electrons. The second kappa shape index (κ2) is 5.09. The molecule has 0 radical (unpaired) electrons. The van der Waals surface area contributed by atoms with Gasteiger partial charge >= 0.3 is 5.97 Å². The highest BCUT2D eigenvalue weighted by Crippen LogP contribution is 2.26. The van der Waals surface area contributed by atoms with E-state index in [1.807, 2.05) is 53.1 Å². The second-order valence-electron chi connectivity index (χ2n) is 4.42. The minimum Gasteiger partial charge on any atom is -0.481 e. The fourth-order valence-corrected chi connectivity index (χ4v) is 2.54. The molecule has 4 nitrogen and oxygen atoms in total. The number of aromatic nitrogens is 2. The third kappa shape index (κ3) is 2.32. The molecular formula is C15H11BrN2O2. The molecule has 0 aliphatic rings. The Balaban J connectivity index is 2.28. The number of carbonyl (C=O) groups is 1. The first kappa shape index (κ1) is 12.9. The molecule has 0 unspecified atom stereocenters. The van der Waals surface area contributed by atoms with Crippen molar-refractivity contribution in [2.24, 2.45) is 0 Å². The number of pyridine rings is 1. The van der Waals surface area contributed by atoms with Crippen molar-refractivity contribution in [1.29, 1.82) is 0 Å². The number of fused-ring (bicyclic) bond motifs is 1. The first-order chi connectivity index (χ1) is 9.65. The van der Waals surface area contributed by atoms with Gasteiger partial charge in [-0.15, -0.1) is 0 Å². The minimum atomic E-state index is -0.871. The van der Waals surface area contributed by atoms with E-state index >= 15 is 0 Å². The molecule has 3 rings (SSSR count). The Bertz CT molecular complexity index is 781. The van der Waals surface area contributed by atoms with Crippen molar-refractivity contribution in [2.75, 3.05) is 0 Å². The SMILES string of the molecule is O=C(O)Cc1c(-c2ccccc2)nc2ccc(Br)cn12. The Labute approximate surface area is 123 Å². The fraction of sp³-hybridized carbons (Fsp3) is 0.0667. The normalized spacial score (nSPS) is 10.8. The first-order valence-electron chi connectivity index (χ1n) is 6.09. The Morgan fingerprint density at radius 3 is 2.65 bits per heavy atom. The van der Waals surface area contributed by atoms with E-state index < -0.39 is 5.97 Å². The number of rotatable bonds is 3. The van der Waals surface area contributed by atoms with Crippen LogP contribution in [0.3, 0.4) is 0 Å². The summed E-state index contributed by atoms with van der Waals surface area (Å²) >= 11 is 3.40. The summed E-state index contributed by atoms with van der Waals surface area (Å²) in [4.78, 5) is 15.7. The molecule has 5 heteroatoms. The van der Waals surface area contributed by atoms with Crippen LogP contribution < -0.4 is 0 Å². The lowest BCUT2D eigenvalue weighted by molar-refractivity contribution is -0.136. The Morgan fingerprint density at radius 1 is 1.20 bits per heavy atom. The van der Waals surface area contributed by atoms with Gasteiger partial charge in [-0.1, -0.05) is 30.3 Å². The zero-order chi connectivity index (χ0) is 14.1. The molecule has 0 amide bonds. The van der Waals surface area contributed by atoms with Gasteiger partial charge in [0.25, 0.3) is 0 Å². The summed E-state index contributed by atoms with van der Waals surface area (Å²) in [5.74, 6) is -0.871. The highest BCUT2D eigenvalue weighted by Gasteiger charge is 2.16. The van der Waals surface area contributed by atoms with Crippen LogP contribution in [-0.4, -0.2) is 20.5 Å². The fourth-order valence-electron chi connectivity index (χ4n) is 2.21.